The van der Waals surface area contributed by atoms with Crippen molar-refractivity contribution in [1.82, 2.24) is 0 Å². The molecule has 5 heteroatoms. The lowest BCUT2D eigenvalue weighted by molar-refractivity contribution is -0.150. The highest BCUT2D eigenvalue weighted by atomic mass is 79.9. The SMILES string of the molecule is CC1(C(=O)O)CCCCC1Nc1ccc(Br)cc1C#N. The van der Waals surface area contributed by atoms with E-state index in [2.05, 4.69) is 27.3 Å². The van der Waals surface area contributed by atoms with E-state index in [4.69, 9.17) is 0 Å². The van der Waals surface area contributed by atoms with Gasteiger partial charge in [0.05, 0.1) is 16.7 Å². The molecular weight excluding hydrogens is 320 g/mol. The molecule has 2 rings (SSSR count). The molecule has 106 valence electrons. The summed E-state index contributed by atoms with van der Waals surface area (Å²) in [4.78, 5) is 11.6. The molecule has 0 aliphatic heterocycles. The molecule has 0 heterocycles. The molecule has 2 atom stereocenters. The molecule has 1 aliphatic rings. The topological polar surface area (TPSA) is 73.1 Å². The molecular formula is C15H17BrN2O2. The van der Waals surface area contributed by atoms with Gasteiger partial charge in [0.15, 0.2) is 0 Å². The van der Waals surface area contributed by atoms with E-state index < -0.39 is 11.4 Å². The number of halogens is 1. The molecule has 0 bridgehead atoms. The van der Waals surface area contributed by atoms with Gasteiger partial charge in [0.2, 0.25) is 0 Å². The Kier molecular flexibility index (Phi) is 4.34. The Morgan fingerprint density at radius 1 is 1.55 bits per heavy atom. The minimum absolute atomic E-state index is 0.151. The number of hydrogen-bond acceptors (Lipinski definition) is 3. The number of nitrogens with zero attached hydrogens (tertiary/aromatic N) is 1. The summed E-state index contributed by atoms with van der Waals surface area (Å²) in [7, 11) is 0. The summed E-state index contributed by atoms with van der Waals surface area (Å²) >= 11 is 3.33. The van der Waals surface area contributed by atoms with Gasteiger partial charge in [-0.25, -0.2) is 0 Å². The maximum Gasteiger partial charge on any atom is 0.311 e. The van der Waals surface area contributed by atoms with Crippen LogP contribution in [-0.4, -0.2) is 17.1 Å². The molecule has 4 nitrogen and oxygen atoms in total. The zero-order chi connectivity index (χ0) is 14.8. The smallest absolute Gasteiger partial charge is 0.311 e. The standard InChI is InChI=1S/C15H17BrN2O2/c1-15(14(19)20)7-3-2-4-13(15)18-12-6-5-11(16)8-10(12)9-17/h5-6,8,13,18H,2-4,7H2,1H3,(H,19,20). The number of hydrogen-bond donors (Lipinski definition) is 2. The van der Waals surface area contributed by atoms with Gasteiger partial charge in [-0.2, -0.15) is 5.26 Å². The van der Waals surface area contributed by atoms with Crippen molar-refractivity contribution in [3.63, 3.8) is 0 Å². The van der Waals surface area contributed by atoms with Crippen molar-refractivity contribution in [3.8, 4) is 6.07 Å². The summed E-state index contributed by atoms with van der Waals surface area (Å²) in [5.74, 6) is -0.773. The lowest BCUT2D eigenvalue weighted by atomic mass is 9.71. The van der Waals surface area contributed by atoms with E-state index in [0.717, 1.165) is 23.7 Å². The second-order valence-corrected chi connectivity index (χ2v) is 6.38. The van der Waals surface area contributed by atoms with Crippen molar-refractivity contribution >= 4 is 27.6 Å². The van der Waals surface area contributed by atoms with Crippen LogP contribution in [0.1, 0.15) is 38.2 Å². The highest BCUT2D eigenvalue weighted by Gasteiger charge is 2.43. The lowest BCUT2D eigenvalue weighted by Gasteiger charge is -2.39. The van der Waals surface area contributed by atoms with E-state index in [1.165, 1.54) is 0 Å². The highest BCUT2D eigenvalue weighted by Crippen LogP contribution is 2.38. The van der Waals surface area contributed by atoms with Crippen molar-refractivity contribution in [3.05, 3.63) is 28.2 Å². The summed E-state index contributed by atoms with van der Waals surface area (Å²) < 4.78 is 0.837. The molecule has 1 fully saturated rings. The minimum atomic E-state index is -0.780. The molecule has 1 saturated carbocycles. The fraction of sp³-hybridized carbons (Fsp3) is 0.467. The first-order valence-corrected chi connectivity index (χ1v) is 7.46. The number of rotatable bonds is 3. The monoisotopic (exact) mass is 336 g/mol. The molecule has 1 aromatic carbocycles. The van der Waals surface area contributed by atoms with Crippen LogP contribution < -0.4 is 5.32 Å². The van der Waals surface area contributed by atoms with Gasteiger partial charge in [-0.15, -0.1) is 0 Å². The van der Waals surface area contributed by atoms with Crippen LogP contribution in [0.4, 0.5) is 5.69 Å². The van der Waals surface area contributed by atoms with Gasteiger partial charge in [0.1, 0.15) is 6.07 Å². The summed E-state index contributed by atoms with van der Waals surface area (Å²) in [6.07, 6.45) is 3.42. The van der Waals surface area contributed by atoms with Crippen LogP contribution in [0, 0.1) is 16.7 Å². The molecule has 0 spiro atoms. The van der Waals surface area contributed by atoms with Gasteiger partial charge in [-0.3, -0.25) is 4.79 Å². The Hall–Kier alpha value is -1.54. The van der Waals surface area contributed by atoms with E-state index in [1.807, 2.05) is 12.1 Å². The number of benzene rings is 1. The van der Waals surface area contributed by atoms with Crippen molar-refractivity contribution in [2.45, 2.75) is 38.6 Å². The third-order valence-electron chi connectivity index (χ3n) is 4.13. The average molecular weight is 337 g/mol. The quantitative estimate of drug-likeness (QED) is 0.881. The Morgan fingerprint density at radius 3 is 2.95 bits per heavy atom. The number of carboxylic acid groups (broad SMARTS) is 1. The van der Waals surface area contributed by atoms with Crippen LogP contribution >= 0.6 is 15.9 Å². The third kappa shape index (κ3) is 2.80. The number of carboxylic acids is 1. The second kappa shape index (κ2) is 5.84. The summed E-state index contributed by atoms with van der Waals surface area (Å²) in [5, 5.41) is 22.0. The first-order chi connectivity index (χ1) is 9.47. The maximum atomic E-state index is 11.6. The molecule has 0 amide bonds. The Morgan fingerprint density at radius 2 is 2.30 bits per heavy atom. The Balaban J connectivity index is 2.28. The summed E-state index contributed by atoms with van der Waals surface area (Å²) in [6.45, 7) is 1.79. The maximum absolute atomic E-state index is 11.6. The van der Waals surface area contributed by atoms with Crippen LogP contribution in [0.25, 0.3) is 0 Å². The normalized spacial score (nSPS) is 25.8. The van der Waals surface area contributed by atoms with Crippen molar-refractivity contribution < 1.29 is 9.90 Å². The van der Waals surface area contributed by atoms with Gasteiger partial charge in [-0.1, -0.05) is 28.8 Å². The van der Waals surface area contributed by atoms with Gasteiger partial charge in [-0.05, 0) is 38.0 Å². The zero-order valence-corrected chi connectivity index (χ0v) is 12.9. The first-order valence-electron chi connectivity index (χ1n) is 6.67. The average Bonchev–Trinajstić information content (AvgIpc) is 2.43. The van der Waals surface area contributed by atoms with E-state index in [0.29, 0.717) is 17.7 Å². The zero-order valence-electron chi connectivity index (χ0n) is 11.3. The number of nitrogens with one attached hydrogen (secondary N) is 1. The van der Waals surface area contributed by atoms with Crippen LogP contribution in [0.5, 0.6) is 0 Å². The van der Waals surface area contributed by atoms with E-state index in [9.17, 15) is 15.2 Å². The van der Waals surface area contributed by atoms with Crippen molar-refractivity contribution in [1.29, 1.82) is 5.26 Å². The number of carbonyl (C=O) groups is 1. The van der Waals surface area contributed by atoms with E-state index in [-0.39, 0.29) is 6.04 Å². The minimum Gasteiger partial charge on any atom is -0.481 e. The van der Waals surface area contributed by atoms with Gasteiger partial charge >= 0.3 is 5.97 Å². The summed E-state index contributed by atoms with van der Waals surface area (Å²) in [6, 6.07) is 7.40. The predicted octanol–water partition coefficient (Wildman–Crippen LogP) is 3.77. The van der Waals surface area contributed by atoms with Crippen LogP contribution in [-0.2, 0) is 4.79 Å². The number of anilines is 1. The third-order valence-corrected chi connectivity index (χ3v) is 4.62. The first kappa shape index (κ1) is 14.9. The van der Waals surface area contributed by atoms with Crippen LogP contribution in [0.3, 0.4) is 0 Å². The fourth-order valence-electron chi connectivity index (χ4n) is 2.74. The van der Waals surface area contributed by atoms with Crippen LogP contribution in [0.2, 0.25) is 0 Å². The van der Waals surface area contributed by atoms with E-state index in [1.54, 1.807) is 13.0 Å². The Labute approximate surface area is 126 Å². The number of nitriles is 1. The molecule has 0 radical (unpaired) electrons. The number of aliphatic carboxylic acids is 1. The largest absolute Gasteiger partial charge is 0.481 e. The van der Waals surface area contributed by atoms with Gasteiger partial charge in [0, 0.05) is 10.5 Å². The van der Waals surface area contributed by atoms with Crippen molar-refractivity contribution in [2.75, 3.05) is 5.32 Å². The molecule has 0 aromatic heterocycles. The predicted molar refractivity (Wildman–Crippen MR) is 80.5 cm³/mol. The second-order valence-electron chi connectivity index (χ2n) is 5.47. The molecule has 1 aromatic rings. The van der Waals surface area contributed by atoms with Crippen LogP contribution in [0.15, 0.2) is 22.7 Å². The lowest BCUT2D eigenvalue weighted by Crippen LogP contribution is -2.46. The molecule has 1 aliphatic carbocycles. The molecule has 20 heavy (non-hydrogen) atoms. The van der Waals surface area contributed by atoms with Gasteiger partial charge < -0.3 is 10.4 Å². The molecule has 2 unspecified atom stereocenters. The Bertz CT molecular complexity index is 567. The van der Waals surface area contributed by atoms with Gasteiger partial charge in [0.25, 0.3) is 0 Å². The fourth-order valence-corrected chi connectivity index (χ4v) is 3.10. The highest BCUT2D eigenvalue weighted by molar-refractivity contribution is 9.10. The molecule has 0 saturated heterocycles. The van der Waals surface area contributed by atoms with E-state index >= 15 is 0 Å². The molecule has 2 N–H and O–H groups in total. The van der Waals surface area contributed by atoms with Crippen molar-refractivity contribution in [2.24, 2.45) is 5.41 Å². The summed E-state index contributed by atoms with van der Waals surface area (Å²) in [5.41, 5.74) is 0.450.